The van der Waals surface area contributed by atoms with E-state index in [-0.39, 0.29) is 6.03 Å². The van der Waals surface area contributed by atoms with Crippen LogP contribution in [-0.2, 0) is 4.74 Å². The van der Waals surface area contributed by atoms with E-state index in [1.807, 2.05) is 13.8 Å². The number of ether oxygens (including phenoxy) is 1. The molecule has 5 nitrogen and oxygen atoms in total. The molecule has 0 aromatic heterocycles. The predicted octanol–water partition coefficient (Wildman–Crippen LogP) is 0.355. The largest absolute Gasteiger partial charge is 0.383 e. The SMILES string of the molecule is CCN(CC)C(=O)N(CCN)CCOC. The summed E-state index contributed by atoms with van der Waals surface area (Å²) in [5.74, 6) is 0. The van der Waals surface area contributed by atoms with Crippen molar-refractivity contribution in [3.8, 4) is 0 Å². The van der Waals surface area contributed by atoms with Gasteiger partial charge in [0.15, 0.2) is 0 Å². The Hall–Kier alpha value is -0.810. The van der Waals surface area contributed by atoms with Crippen LogP contribution in [0.25, 0.3) is 0 Å². The molecule has 0 radical (unpaired) electrons. The Bertz CT molecular complexity index is 172. The molecule has 15 heavy (non-hydrogen) atoms. The Morgan fingerprint density at radius 1 is 1.20 bits per heavy atom. The van der Waals surface area contributed by atoms with Crippen LogP contribution in [-0.4, -0.2) is 62.3 Å². The van der Waals surface area contributed by atoms with Gasteiger partial charge >= 0.3 is 6.03 Å². The van der Waals surface area contributed by atoms with Crippen molar-refractivity contribution in [3.63, 3.8) is 0 Å². The summed E-state index contributed by atoms with van der Waals surface area (Å²) in [5.41, 5.74) is 5.47. The van der Waals surface area contributed by atoms with Crippen LogP contribution >= 0.6 is 0 Å². The van der Waals surface area contributed by atoms with Gasteiger partial charge in [-0.25, -0.2) is 4.79 Å². The van der Waals surface area contributed by atoms with Gasteiger partial charge in [0.1, 0.15) is 0 Å². The first-order valence-electron chi connectivity index (χ1n) is 5.44. The summed E-state index contributed by atoms with van der Waals surface area (Å²) in [6.07, 6.45) is 0. The van der Waals surface area contributed by atoms with E-state index in [0.717, 1.165) is 13.1 Å². The third-order valence-electron chi connectivity index (χ3n) is 2.27. The maximum atomic E-state index is 11.9. The molecular weight excluding hydrogens is 194 g/mol. The molecule has 5 heteroatoms. The van der Waals surface area contributed by atoms with Gasteiger partial charge in [-0.1, -0.05) is 0 Å². The van der Waals surface area contributed by atoms with Crippen LogP contribution in [0.3, 0.4) is 0 Å². The second kappa shape index (κ2) is 8.49. The average molecular weight is 217 g/mol. The third kappa shape index (κ3) is 4.99. The summed E-state index contributed by atoms with van der Waals surface area (Å²) in [6.45, 7) is 7.61. The van der Waals surface area contributed by atoms with Gasteiger partial charge in [0.05, 0.1) is 6.61 Å². The Morgan fingerprint density at radius 2 is 1.80 bits per heavy atom. The van der Waals surface area contributed by atoms with Crippen molar-refractivity contribution in [2.24, 2.45) is 5.73 Å². The molecular formula is C10H23N3O2. The van der Waals surface area contributed by atoms with Gasteiger partial charge in [0, 0.05) is 39.8 Å². The van der Waals surface area contributed by atoms with E-state index >= 15 is 0 Å². The van der Waals surface area contributed by atoms with E-state index in [1.165, 1.54) is 0 Å². The fourth-order valence-electron chi connectivity index (χ4n) is 1.35. The van der Waals surface area contributed by atoms with Gasteiger partial charge in [-0.2, -0.15) is 0 Å². The molecule has 0 rings (SSSR count). The van der Waals surface area contributed by atoms with E-state index in [4.69, 9.17) is 10.5 Å². The summed E-state index contributed by atoms with van der Waals surface area (Å²) in [7, 11) is 1.63. The molecule has 0 atom stereocenters. The van der Waals surface area contributed by atoms with Gasteiger partial charge in [-0.3, -0.25) is 0 Å². The smallest absolute Gasteiger partial charge is 0.320 e. The number of hydrogen-bond donors (Lipinski definition) is 1. The van der Waals surface area contributed by atoms with E-state index in [9.17, 15) is 4.79 Å². The van der Waals surface area contributed by atoms with Crippen molar-refractivity contribution < 1.29 is 9.53 Å². The Kier molecular flexibility index (Phi) is 8.04. The molecule has 0 aliphatic heterocycles. The summed E-state index contributed by atoms with van der Waals surface area (Å²) >= 11 is 0. The predicted molar refractivity (Wildman–Crippen MR) is 60.8 cm³/mol. The fraction of sp³-hybridized carbons (Fsp3) is 0.900. The van der Waals surface area contributed by atoms with Gasteiger partial charge in [-0.05, 0) is 13.8 Å². The second-order valence-corrected chi connectivity index (χ2v) is 3.22. The third-order valence-corrected chi connectivity index (χ3v) is 2.27. The lowest BCUT2D eigenvalue weighted by atomic mass is 10.4. The molecule has 0 fully saturated rings. The number of urea groups is 1. The Morgan fingerprint density at radius 3 is 2.20 bits per heavy atom. The maximum Gasteiger partial charge on any atom is 0.320 e. The van der Waals surface area contributed by atoms with E-state index in [0.29, 0.717) is 26.2 Å². The van der Waals surface area contributed by atoms with Gasteiger partial charge in [-0.15, -0.1) is 0 Å². The van der Waals surface area contributed by atoms with Crippen molar-refractivity contribution >= 4 is 6.03 Å². The minimum atomic E-state index is 0.0440. The van der Waals surface area contributed by atoms with Crippen molar-refractivity contribution in [2.75, 3.05) is 46.4 Å². The highest BCUT2D eigenvalue weighted by molar-refractivity contribution is 5.74. The quantitative estimate of drug-likeness (QED) is 0.669. The standard InChI is InChI=1S/C10H23N3O2/c1-4-12(5-2)10(14)13(7-6-11)8-9-15-3/h4-9,11H2,1-3H3. The normalized spacial score (nSPS) is 10.1. The molecule has 0 spiro atoms. The molecule has 90 valence electrons. The minimum Gasteiger partial charge on any atom is -0.383 e. The van der Waals surface area contributed by atoms with Crippen LogP contribution in [0, 0.1) is 0 Å². The molecule has 0 saturated carbocycles. The first-order valence-corrected chi connectivity index (χ1v) is 5.44. The zero-order valence-electron chi connectivity index (χ0n) is 10.0. The first kappa shape index (κ1) is 14.2. The number of amides is 2. The van der Waals surface area contributed by atoms with E-state index < -0.39 is 0 Å². The average Bonchev–Trinajstić information content (AvgIpc) is 2.25. The first-order chi connectivity index (χ1) is 7.21. The van der Waals surface area contributed by atoms with Gasteiger partial charge < -0.3 is 20.3 Å². The van der Waals surface area contributed by atoms with Crippen LogP contribution in [0.1, 0.15) is 13.8 Å². The number of carbonyl (C=O) groups excluding carboxylic acids is 1. The highest BCUT2D eigenvalue weighted by Crippen LogP contribution is 1.98. The van der Waals surface area contributed by atoms with Crippen molar-refractivity contribution in [2.45, 2.75) is 13.8 Å². The maximum absolute atomic E-state index is 11.9. The molecule has 0 aliphatic carbocycles. The van der Waals surface area contributed by atoms with E-state index in [2.05, 4.69) is 0 Å². The summed E-state index contributed by atoms with van der Waals surface area (Å²) in [6, 6.07) is 0.0440. The number of carbonyl (C=O) groups is 1. The molecule has 0 aromatic rings. The summed E-state index contributed by atoms with van der Waals surface area (Å²) in [4.78, 5) is 15.5. The molecule has 0 aromatic carbocycles. The summed E-state index contributed by atoms with van der Waals surface area (Å²) in [5, 5.41) is 0. The molecule has 0 bridgehead atoms. The van der Waals surface area contributed by atoms with Crippen molar-refractivity contribution in [3.05, 3.63) is 0 Å². The molecule has 0 saturated heterocycles. The van der Waals surface area contributed by atoms with E-state index in [1.54, 1.807) is 16.9 Å². The van der Waals surface area contributed by atoms with Crippen molar-refractivity contribution in [1.82, 2.24) is 9.80 Å². The zero-order chi connectivity index (χ0) is 11.7. The lowest BCUT2D eigenvalue weighted by Crippen LogP contribution is -2.46. The number of nitrogens with two attached hydrogens (primary N) is 1. The van der Waals surface area contributed by atoms with Gasteiger partial charge in [0.2, 0.25) is 0 Å². The van der Waals surface area contributed by atoms with Gasteiger partial charge in [0.25, 0.3) is 0 Å². The minimum absolute atomic E-state index is 0.0440. The number of methoxy groups -OCH3 is 1. The lowest BCUT2D eigenvalue weighted by Gasteiger charge is -2.28. The zero-order valence-corrected chi connectivity index (χ0v) is 10.0. The topological polar surface area (TPSA) is 58.8 Å². The number of nitrogens with zero attached hydrogens (tertiary/aromatic N) is 2. The Balaban J connectivity index is 4.24. The monoisotopic (exact) mass is 217 g/mol. The number of hydrogen-bond acceptors (Lipinski definition) is 3. The number of rotatable bonds is 7. The van der Waals surface area contributed by atoms with Crippen LogP contribution in [0.5, 0.6) is 0 Å². The molecule has 0 unspecified atom stereocenters. The molecule has 2 amide bonds. The van der Waals surface area contributed by atoms with Crippen LogP contribution in [0.15, 0.2) is 0 Å². The highest BCUT2D eigenvalue weighted by atomic mass is 16.5. The fourth-order valence-corrected chi connectivity index (χ4v) is 1.35. The second-order valence-electron chi connectivity index (χ2n) is 3.22. The van der Waals surface area contributed by atoms with Crippen LogP contribution < -0.4 is 5.73 Å². The molecule has 0 aliphatic rings. The van der Waals surface area contributed by atoms with Crippen LogP contribution in [0.2, 0.25) is 0 Å². The molecule has 0 heterocycles. The molecule has 2 N–H and O–H groups in total. The summed E-state index contributed by atoms with van der Waals surface area (Å²) < 4.78 is 4.96. The van der Waals surface area contributed by atoms with Crippen LogP contribution in [0.4, 0.5) is 4.79 Å². The highest BCUT2D eigenvalue weighted by Gasteiger charge is 2.17. The Labute approximate surface area is 92.2 Å². The lowest BCUT2D eigenvalue weighted by molar-refractivity contribution is 0.129. The van der Waals surface area contributed by atoms with Crippen molar-refractivity contribution in [1.29, 1.82) is 0 Å².